The third kappa shape index (κ3) is 5.93. The van der Waals surface area contributed by atoms with Crippen molar-refractivity contribution in [2.24, 2.45) is 0 Å². The van der Waals surface area contributed by atoms with Gasteiger partial charge in [-0.1, -0.05) is 30.4 Å². The molecule has 0 aliphatic heterocycles. The number of thiazole rings is 1. The van der Waals surface area contributed by atoms with Crippen LogP contribution in [0, 0.1) is 0 Å². The third-order valence-electron chi connectivity index (χ3n) is 4.50. The number of aromatic nitrogens is 1. The Morgan fingerprint density at radius 1 is 1.19 bits per heavy atom. The van der Waals surface area contributed by atoms with Crippen LogP contribution in [-0.2, 0) is 23.7 Å². The summed E-state index contributed by atoms with van der Waals surface area (Å²) in [7, 11) is -8.03. The van der Waals surface area contributed by atoms with Crippen molar-refractivity contribution in [2.75, 3.05) is 17.7 Å². The van der Waals surface area contributed by atoms with E-state index in [1.54, 1.807) is 26.0 Å². The maximum absolute atomic E-state index is 12.6. The van der Waals surface area contributed by atoms with Crippen molar-refractivity contribution in [1.82, 2.24) is 10.3 Å². The van der Waals surface area contributed by atoms with Gasteiger partial charge in [0, 0.05) is 5.69 Å². The quantitative estimate of drug-likeness (QED) is 0.359. The van der Waals surface area contributed by atoms with Crippen LogP contribution < -0.4 is 10.6 Å². The van der Waals surface area contributed by atoms with E-state index in [0.717, 1.165) is 10.2 Å². The number of hydrogen-bond acceptors (Lipinski definition) is 8. The molecule has 0 saturated carbocycles. The summed E-state index contributed by atoms with van der Waals surface area (Å²) in [6, 6.07) is 13.7. The second-order valence-corrected chi connectivity index (χ2v) is 11.9. The molecule has 3 aromatic rings. The molecule has 0 fully saturated rings. The Hall–Kier alpha value is -2.30. The number of anilines is 2. The number of para-hydroxylation sites is 1. The van der Waals surface area contributed by atoms with Crippen LogP contribution in [0.2, 0.25) is 0 Å². The van der Waals surface area contributed by atoms with Gasteiger partial charge in [-0.3, -0.25) is 9.36 Å². The summed E-state index contributed by atoms with van der Waals surface area (Å²) in [5.74, 6) is -2.90. The zero-order chi connectivity index (χ0) is 23.4. The highest BCUT2D eigenvalue weighted by atomic mass is 32.2. The Kier molecular flexibility index (Phi) is 7.68. The molecule has 0 bridgehead atoms. The van der Waals surface area contributed by atoms with Gasteiger partial charge in [0.05, 0.1) is 21.7 Å². The minimum Gasteiger partial charge on any atom is -0.341 e. The van der Waals surface area contributed by atoms with Gasteiger partial charge in [-0.25, -0.2) is 13.4 Å². The fourth-order valence-electron chi connectivity index (χ4n) is 2.97. The van der Waals surface area contributed by atoms with Gasteiger partial charge in [-0.05, 0) is 49.7 Å². The van der Waals surface area contributed by atoms with Crippen molar-refractivity contribution < 1.29 is 27.2 Å². The van der Waals surface area contributed by atoms with E-state index in [1.165, 1.54) is 23.5 Å². The van der Waals surface area contributed by atoms with Crippen molar-refractivity contribution in [1.29, 1.82) is 0 Å². The Morgan fingerprint density at radius 3 is 2.50 bits per heavy atom. The predicted molar refractivity (Wildman–Crippen MR) is 125 cm³/mol. The molecule has 1 amide bonds. The molecule has 0 aliphatic rings. The minimum atomic E-state index is -4.09. The van der Waals surface area contributed by atoms with Gasteiger partial charge in [-0.2, -0.15) is 0 Å². The van der Waals surface area contributed by atoms with E-state index in [2.05, 4.69) is 15.6 Å². The average molecular weight is 498 g/mol. The lowest BCUT2D eigenvalue weighted by Gasteiger charge is -2.22. The molecule has 3 rings (SSSR count). The van der Waals surface area contributed by atoms with Crippen molar-refractivity contribution >= 4 is 55.7 Å². The predicted octanol–water partition coefficient (Wildman–Crippen LogP) is 3.89. The van der Waals surface area contributed by atoms with Crippen LogP contribution >= 0.6 is 18.9 Å². The molecule has 0 radical (unpaired) electrons. The number of sulfone groups is 1. The van der Waals surface area contributed by atoms with Gasteiger partial charge in [-0.15, -0.1) is 0 Å². The van der Waals surface area contributed by atoms with Crippen LogP contribution in [0.25, 0.3) is 10.2 Å². The standard InChI is InChI=1S/C20H24N3O6PS2/c1-3-19(30(25,26)29-4-2)23-18(24)13-32(27,28)15-11-9-14(10-12-15)21-20-22-16-7-5-6-8-17(16)31-20/h5-12,19H,3-4,13H2,1-2H3,(H,21,22)(H,23,24)(H,25,26). The Balaban J connectivity index is 1.66. The number of nitrogens with one attached hydrogen (secondary N) is 2. The van der Waals surface area contributed by atoms with E-state index in [4.69, 9.17) is 4.52 Å². The summed E-state index contributed by atoms with van der Waals surface area (Å²) in [6.07, 6.45) is 0.117. The lowest BCUT2D eigenvalue weighted by Crippen LogP contribution is -2.38. The second kappa shape index (κ2) is 10.1. The largest absolute Gasteiger partial charge is 0.350 e. The van der Waals surface area contributed by atoms with E-state index >= 15 is 0 Å². The molecule has 2 atom stereocenters. The Labute approximate surface area is 190 Å². The highest BCUT2D eigenvalue weighted by molar-refractivity contribution is 7.92. The number of fused-ring (bicyclic) bond motifs is 1. The first-order valence-electron chi connectivity index (χ1n) is 9.86. The summed E-state index contributed by atoms with van der Waals surface area (Å²) in [6.45, 7) is 3.14. The first-order chi connectivity index (χ1) is 15.1. The number of hydrogen-bond donors (Lipinski definition) is 3. The number of benzene rings is 2. The lowest BCUT2D eigenvalue weighted by molar-refractivity contribution is -0.119. The number of carbonyl (C=O) groups excluding carboxylic acids is 1. The number of rotatable bonds is 10. The number of carbonyl (C=O) groups is 1. The molecular formula is C20H24N3O6PS2. The molecule has 0 aliphatic carbocycles. The van der Waals surface area contributed by atoms with Crippen LogP contribution in [-0.4, -0.2) is 42.3 Å². The van der Waals surface area contributed by atoms with Crippen molar-refractivity contribution in [3.05, 3.63) is 48.5 Å². The molecule has 1 heterocycles. The SMILES string of the molecule is CCOP(=O)(O)C(CC)NC(=O)CS(=O)(=O)c1ccc(Nc2nc3ccccc3s2)cc1. The zero-order valence-corrected chi connectivity index (χ0v) is 20.0. The van der Waals surface area contributed by atoms with E-state index < -0.39 is 34.9 Å². The molecule has 12 heteroatoms. The fraction of sp³-hybridized carbons (Fsp3) is 0.300. The van der Waals surface area contributed by atoms with Crippen molar-refractivity contribution in [2.45, 2.75) is 30.9 Å². The molecule has 172 valence electrons. The van der Waals surface area contributed by atoms with Gasteiger partial charge >= 0.3 is 7.60 Å². The van der Waals surface area contributed by atoms with E-state index in [0.29, 0.717) is 10.8 Å². The van der Waals surface area contributed by atoms with Gasteiger partial charge in [0.1, 0.15) is 11.5 Å². The van der Waals surface area contributed by atoms with E-state index in [9.17, 15) is 22.7 Å². The molecule has 2 unspecified atom stereocenters. The molecule has 2 aromatic carbocycles. The normalized spacial score (nSPS) is 14.6. The Bertz CT molecular complexity index is 1210. The summed E-state index contributed by atoms with van der Waals surface area (Å²) in [5, 5.41) is 6.11. The van der Waals surface area contributed by atoms with Crippen molar-refractivity contribution in [3.8, 4) is 0 Å². The molecule has 0 saturated heterocycles. The smallest absolute Gasteiger partial charge is 0.341 e. The monoisotopic (exact) mass is 497 g/mol. The topological polar surface area (TPSA) is 135 Å². The molecule has 3 N–H and O–H groups in total. The summed E-state index contributed by atoms with van der Waals surface area (Å²) < 4.78 is 43.2. The van der Waals surface area contributed by atoms with E-state index in [1.807, 2.05) is 24.3 Å². The first kappa shape index (κ1) is 24.3. The lowest BCUT2D eigenvalue weighted by atomic mass is 10.3. The maximum Gasteiger partial charge on any atom is 0.350 e. The maximum atomic E-state index is 12.6. The van der Waals surface area contributed by atoms with Crippen LogP contribution in [0.15, 0.2) is 53.4 Å². The first-order valence-corrected chi connectivity index (χ1v) is 14.0. The third-order valence-corrected chi connectivity index (χ3v) is 9.00. The number of amides is 1. The highest BCUT2D eigenvalue weighted by Crippen LogP contribution is 2.47. The Morgan fingerprint density at radius 2 is 1.88 bits per heavy atom. The van der Waals surface area contributed by atoms with Crippen LogP contribution in [0.3, 0.4) is 0 Å². The second-order valence-electron chi connectivity index (χ2n) is 6.87. The average Bonchev–Trinajstić information content (AvgIpc) is 3.14. The molecule has 0 spiro atoms. The molecule has 9 nitrogen and oxygen atoms in total. The molecule has 1 aromatic heterocycles. The fourth-order valence-corrected chi connectivity index (χ4v) is 6.32. The van der Waals surface area contributed by atoms with Gasteiger partial charge in [0.2, 0.25) is 5.91 Å². The minimum absolute atomic E-state index is 0.00412. The van der Waals surface area contributed by atoms with Gasteiger partial charge < -0.3 is 20.1 Å². The summed E-state index contributed by atoms with van der Waals surface area (Å²) >= 11 is 1.48. The zero-order valence-electron chi connectivity index (χ0n) is 17.5. The van der Waals surface area contributed by atoms with Gasteiger partial charge in [0.25, 0.3) is 0 Å². The van der Waals surface area contributed by atoms with Crippen LogP contribution in [0.4, 0.5) is 10.8 Å². The molecular weight excluding hydrogens is 473 g/mol. The van der Waals surface area contributed by atoms with Gasteiger partial charge in [0.15, 0.2) is 15.0 Å². The summed E-state index contributed by atoms with van der Waals surface area (Å²) in [5.41, 5.74) is 1.52. The number of nitrogens with zero attached hydrogens (tertiary/aromatic N) is 1. The molecule has 32 heavy (non-hydrogen) atoms. The van der Waals surface area contributed by atoms with Crippen LogP contribution in [0.1, 0.15) is 20.3 Å². The highest BCUT2D eigenvalue weighted by Gasteiger charge is 2.33. The van der Waals surface area contributed by atoms with Crippen LogP contribution in [0.5, 0.6) is 0 Å². The van der Waals surface area contributed by atoms with Crippen molar-refractivity contribution in [3.63, 3.8) is 0 Å². The van der Waals surface area contributed by atoms with E-state index in [-0.39, 0.29) is 17.9 Å². The summed E-state index contributed by atoms with van der Waals surface area (Å²) in [4.78, 5) is 26.6.